The Bertz CT molecular complexity index is 1010. The lowest BCUT2D eigenvalue weighted by Crippen LogP contribution is -2.19. The van der Waals surface area contributed by atoms with Gasteiger partial charge in [0.05, 0.1) is 28.0 Å². The summed E-state index contributed by atoms with van der Waals surface area (Å²) in [5, 5.41) is 10.4. The maximum absolute atomic E-state index is 13.2. The van der Waals surface area contributed by atoms with Crippen molar-refractivity contribution in [2.24, 2.45) is 5.10 Å². The average molecular weight is 439 g/mol. The molecule has 0 radical (unpaired) electrons. The van der Waals surface area contributed by atoms with Gasteiger partial charge >= 0.3 is 6.18 Å². The van der Waals surface area contributed by atoms with Crippen LogP contribution in [0.25, 0.3) is 6.08 Å². The minimum absolute atomic E-state index is 0.191. The van der Waals surface area contributed by atoms with E-state index in [0.29, 0.717) is 6.42 Å². The van der Waals surface area contributed by atoms with Gasteiger partial charge in [-0.2, -0.15) is 18.3 Å². The molecule has 28 heavy (non-hydrogen) atoms. The van der Waals surface area contributed by atoms with Gasteiger partial charge in [0.1, 0.15) is 0 Å². The number of nitrogens with zero attached hydrogens (tertiary/aromatic N) is 2. The van der Waals surface area contributed by atoms with Crippen molar-refractivity contribution in [2.45, 2.75) is 18.6 Å². The summed E-state index contributed by atoms with van der Waals surface area (Å²) in [7, 11) is 0. The number of allylic oxidation sites excluding steroid dienone is 1. The second kappa shape index (κ2) is 7.73. The number of alkyl halides is 3. The van der Waals surface area contributed by atoms with E-state index in [1.807, 2.05) is 47.2 Å². The minimum atomic E-state index is -4.44. The molecule has 0 amide bonds. The van der Waals surface area contributed by atoms with Crippen LogP contribution in [0.3, 0.4) is 0 Å². The molecular weight excluding hydrogens is 425 g/mol. The third-order valence-corrected chi connectivity index (χ3v) is 6.44. The Morgan fingerprint density at radius 3 is 2.54 bits per heavy atom. The average Bonchev–Trinajstić information content (AvgIpc) is 3.40. The molecule has 1 aliphatic rings. The van der Waals surface area contributed by atoms with E-state index in [9.17, 15) is 13.2 Å². The van der Waals surface area contributed by atoms with E-state index in [-0.39, 0.29) is 16.8 Å². The van der Waals surface area contributed by atoms with Crippen LogP contribution >= 0.6 is 34.3 Å². The van der Waals surface area contributed by atoms with Crippen LogP contribution in [0.1, 0.15) is 27.8 Å². The maximum atomic E-state index is 13.2. The number of hydrazone groups is 1. The van der Waals surface area contributed by atoms with Crippen LogP contribution in [-0.4, -0.2) is 5.71 Å². The molecular formula is C20H14ClF3N2S2. The van der Waals surface area contributed by atoms with Crippen LogP contribution in [0.4, 0.5) is 18.9 Å². The van der Waals surface area contributed by atoms with E-state index in [1.165, 1.54) is 6.07 Å². The zero-order chi connectivity index (χ0) is 19.7. The van der Waals surface area contributed by atoms with E-state index < -0.39 is 11.7 Å². The molecule has 0 fully saturated rings. The minimum Gasteiger partial charge on any atom is -0.255 e. The van der Waals surface area contributed by atoms with Crippen molar-refractivity contribution in [3.63, 3.8) is 0 Å². The summed E-state index contributed by atoms with van der Waals surface area (Å²) in [4.78, 5) is 2.11. The van der Waals surface area contributed by atoms with E-state index in [1.54, 1.807) is 27.7 Å². The molecule has 3 aromatic rings. The standard InChI is InChI=1S/C20H14ClF3N2S2/c21-16-8-5-13(20(22,23)24)11-17(16)26-18(19-4-2-10-28-19)12-14(25-26)6-7-15-3-1-9-27-15/h1-11,18H,12H2/b7-6+. The molecule has 2 aromatic heterocycles. The summed E-state index contributed by atoms with van der Waals surface area (Å²) in [6.45, 7) is 0. The van der Waals surface area contributed by atoms with E-state index in [2.05, 4.69) is 5.10 Å². The fourth-order valence-corrected chi connectivity index (χ4v) is 4.62. The lowest BCUT2D eigenvalue weighted by Gasteiger charge is -2.24. The molecule has 4 rings (SSSR count). The third-order valence-electron chi connectivity index (χ3n) is 4.31. The highest BCUT2D eigenvalue weighted by Crippen LogP contribution is 2.42. The largest absolute Gasteiger partial charge is 0.416 e. The van der Waals surface area contributed by atoms with Crippen molar-refractivity contribution in [1.82, 2.24) is 0 Å². The highest BCUT2D eigenvalue weighted by molar-refractivity contribution is 7.11. The van der Waals surface area contributed by atoms with Gasteiger partial charge in [0.2, 0.25) is 0 Å². The molecule has 0 spiro atoms. The molecule has 0 aliphatic carbocycles. The van der Waals surface area contributed by atoms with Crippen molar-refractivity contribution in [2.75, 3.05) is 5.01 Å². The monoisotopic (exact) mass is 438 g/mol. The first-order valence-electron chi connectivity index (χ1n) is 8.40. The molecule has 0 N–H and O–H groups in total. The SMILES string of the molecule is FC(F)(F)c1ccc(Cl)c(N2N=C(/C=C/c3cccs3)CC2c2cccs2)c1. The Morgan fingerprint density at radius 1 is 1.07 bits per heavy atom. The first-order valence-corrected chi connectivity index (χ1v) is 10.5. The molecule has 1 aromatic carbocycles. The van der Waals surface area contributed by atoms with E-state index in [4.69, 9.17) is 11.6 Å². The smallest absolute Gasteiger partial charge is 0.255 e. The van der Waals surface area contributed by atoms with Crippen molar-refractivity contribution in [1.29, 1.82) is 0 Å². The summed E-state index contributed by atoms with van der Waals surface area (Å²) in [5.74, 6) is 0. The summed E-state index contributed by atoms with van der Waals surface area (Å²) in [5.41, 5.74) is 0.310. The van der Waals surface area contributed by atoms with Crippen LogP contribution in [0.15, 0.2) is 64.4 Å². The highest BCUT2D eigenvalue weighted by Gasteiger charge is 2.34. The topological polar surface area (TPSA) is 15.6 Å². The number of hydrogen-bond acceptors (Lipinski definition) is 4. The summed E-state index contributed by atoms with van der Waals surface area (Å²) in [6.07, 6.45) is 0.0260. The number of halogens is 4. The van der Waals surface area contributed by atoms with Gasteiger partial charge in [-0.3, -0.25) is 5.01 Å². The second-order valence-corrected chi connectivity index (χ2v) is 8.55. The predicted molar refractivity (Wildman–Crippen MR) is 111 cm³/mol. The Kier molecular flexibility index (Phi) is 5.31. The number of thiophene rings is 2. The number of anilines is 1. The molecule has 1 aliphatic heterocycles. The van der Waals surface area contributed by atoms with Crippen molar-refractivity contribution in [3.05, 3.63) is 79.6 Å². The Labute approximate surface area is 173 Å². The van der Waals surface area contributed by atoms with Gasteiger partial charge < -0.3 is 0 Å². The second-order valence-electron chi connectivity index (χ2n) is 6.18. The molecule has 2 nitrogen and oxygen atoms in total. The third kappa shape index (κ3) is 4.01. The zero-order valence-corrected chi connectivity index (χ0v) is 16.7. The van der Waals surface area contributed by atoms with Crippen LogP contribution in [0.2, 0.25) is 5.02 Å². The number of hydrogen-bond donors (Lipinski definition) is 0. The molecule has 8 heteroatoms. The molecule has 144 valence electrons. The van der Waals surface area contributed by atoms with Crippen LogP contribution < -0.4 is 5.01 Å². The molecule has 0 saturated carbocycles. The highest BCUT2D eigenvalue weighted by atomic mass is 35.5. The quantitative estimate of drug-likeness (QED) is 0.411. The first-order chi connectivity index (χ1) is 13.4. The van der Waals surface area contributed by atoms with Gasteiger partial charge in [-0.25, -0.2) is 0 Å². The fourth-order valence-electron chi connectivity index (χ4n) is 2.99. The molecule has 0 bridgehead atoms. The molecule has 1 unspecified atom stereocenters. The van der Waals surface area contributed by atoms with Gasteiger partial charge in [-0.1, -0.05) is 23.7 Å². The van der Waals surface area contributed by atoms with Gasteiger partial charge in [0.15, 0.2) is 0 Å². The molecule has 0 saturated heterocycles. The molecule has 3 heterocycles. The Balaban J connectivity index is 1.73. The fraction of sp³-hybridized carbons (Fsp3) is 0.150. The van der Waals surface area contributed by atoms with Crippen LogP contribution in [-0.2, 0) is 6.18 Å². The number of benzene rings is 1. The first kappa shape index (κ1) is 19.2. The Morgan fingerprint density at radius 2 is 1.86 bits per heavy atom. The van der Waals surface area contributed by atoms with Crippen molar-refractivity contribution < 1.29 is 13.2 Å². The van der Waals surface area contributed by atoms with Crippen LogP contribution in [0.5, 0.6) is 0 Å². The molecule has 1 atom stereocenters. The van der Waals surface area contributed by atoms with Gasteiger partial charge in [-0.05, 0) is 53.2 Å². The maximum Gasteiger partial charge on any atom is 0.416 e. The lowest BCUT2D eigenvalue weighted by atomic mass is 10.1. The normalized spacial score (nSPS) is 17.5. The summed E-state index contributed by atoms with van der Waals surface area (Å²) in [6, 6.07) is 11.0. The Hall–Kier alpha value is -2.09. The number of rotatable bonds is 4. The van der Waals surface area contributed by atoms with Gasteiger partial charge in [0.25, 0.3) is 0 Å². The van der Waals surface area contributed by atoms with Gasteiger partial charge in [0, 0.05) is 16.2 Å². The van der Waals surface area contributed by atoms with Crippen molar-refractivity contribution >= 4 is 51.7 Å². The lowest BCUT2D eigenvalue weighted by molar-refractivity contribution is -0.137. The zero-order valence-electron chi connectivity index (χ0n) is 14.4. The van der Waals surface area contributed by atoms with Gasteiger partial charge in [-0.15, -0.1) is 22.7 Å². The van der Waals surface area contributed by atoms with Crippen molar-refractivity contribution in [3.8, 4) is 0 Å². The summed E-state index contributed by atoms with van der Waals surface area (Å²) < 4.78 is 39.6. The predicted octanol–water partition coefficient (Wildman–Crippen LogP) is 7.50. The summed E-state index contributed by atoms with van der Waals surface area (Å²) >= 11 is 9.43. The van der Waals surface area contributed by atoms with E-state index in [0.717, 1.165) is 27.6 Å². The van der Waals surface area contributed by atoms with E-state index >= 15 is 0 Å². The van der Waals surface area contributed by atoms with Crippen LogP contribution in [0, 0.1) is 0 Å².